The van der Waals surface area contributed by atoms with Crippen molar-refractivity contribution < 1.29 is 14.7 Å². The number of carbonyl (C=O) groups excluding carboxylic acids is 1. The van der Waals surface area contributed by atoms with E-state index in [9.17, 15) is 14.7 Å². The Morgan fingerprint density at radius 2 is 1.92 bits per heavy atom. The minimum absolute atomic E-state index is 0.00337. The zero-order valence-electron chi connectivity index (χ0n) is 14.6. The minimum Gasteiger partial charge on any atom is -0.481 e. The van der Waals surface area contributed by atoms with Gasteiger partial charge in [0.15, 0.2) is 5.78 Å². The SMILES string of the molecule is CC(=O)c1ccccc1-c1cccc(C(CC(=O)O)c2ncc(C)s2)c1. The van der Waals surface area contributed by atoms with Crippen LogP contribution in [0.3, 0.4) is 0 Å². The fourth-order valence-electron chi connectivity index (χ4n) is 3.02. The Hall–Kier alpha value is -2.79. The quantitative estimate of drug-likeness (QED) is 0.629. The van der Waals surface area contributed by atoms with Gasteiger partial charge in [-0.25, -0.2) is 4.98 Å². The number of carboxylic acid groups (broad SMARTS) is 1. The lowest BCUT2D eigenvalue weighted by molar-refractivity contribution is -0.137. The van der Waals surface area contributed by atoms with Gasteiger partial charge in [-0.3, -0.25) is 9.59 Å². The molecule has 3 rings (SSSR count). The van der Waals surface area contributed by atoms with Crippen LogP contribution >= 0.6 is 11.3 Å². The Labute approximate surface area is 156 Å². The van der Waals surface area contributed by atoms with E-state index in [2.05, 4.69) is 4.98 Å². The maximum Gasteiger partial charge on any atom is 0.304 e. The van der Waals surface area contributed by atoms with Gasteiger partial charge in [-0.05, 0) is 30.5 Å². The van der Waals surface area contributed by atoms with Gasteiger partial charge in [-0.1, -0.05) is 48.5 Å². The highest BCUT2D eigenvalue weighted by Crippen LogP contribution is 2.34. The summed E-state index contributed by atoms with van der Waals surface area (Å²) < 4.78 is 0. The molecule has 0 aliphatic rings. The second-order valence-electron chi connectivity index (χ2n) is 6.19. The van der Waals surface area contributed by atoms with Gasteiger partial charge >= 0.3 is 5.97 Å². The molecule has 4 nitrogen and oxygen atoms in total. The van der Waals surface area contributed by atoms with Gasteiger partial charge in [-0.15, -0.1) is 11.3 Å². The Bertz CT molecular complexity index is 961. The Balaban J connectivity index is 2.07. The third-order valence-corrected chi connectivity index (χ3v) is 5.25. The average molecular weight is 365 g/mol. The zero-order chi connectivity index (χ0) is 18.7. The lowest BCUT2D eigenvalue weighted by Crippen LogP contribution is -2.08. The molecule has 0 radical (unpaired) electrons. The summed E-state index contributed by atoms with van der Waals surface area (Å²) in [4.78, 5) is 28.8. The van der Waals surface area contributed by atoms with Crippen LogP contribution in [-0.2, 0) is 4.79 Å². The van der Waals surface area contributed by atoms with E-state index in [1.165, 1.54) is 11.3 Å². The Morgan fingerprint density at radius 1 is 1.15 bits per heavy atom. The highest BCUT2D eigenvalue weighted by Gasteiger charge is 2.21. The van der Waals surface area contributed by atoms with E-state index in [1.54, 1.807) is 13.1 Å². The fourth-order valence-corrected chi connectivity index (χ4v) is 3.92. The summed E-state index contributed by atoms with van der Waals surface area (Å²) in [6.07, 6.45) is 1.74. The van der Waals surface area contributed by atoms with Crippen molar-refractivity contribution in [3.63, 3.8) is 0 Å². The first-order valence-electron chi connectivity index (χ1n) is 8.30. The van der Waals surface area contributed by atoms with Crippen molar-refractivity contribution in [1.82, 2.24) is 4.98 Å². The van der Waals surface area contributed by atoms with Crippen LogP contribution in [0.4, 0.5) is 0 Å². The lowest BCUT2D eigenvalue weighted by Gasteiger charge is -2.15. The van der Waals surface area contributed by atoms with Crippen molar-refractivity contribution in [3.05, 3.63) is 75.7 Å². The maximum absolute atomic E-state index is 11.9. The summed E-state index contributed by atoms with van der Waals surface area (Å²) in [6.45, 7) is 3.51. The van der Waals surface area contributed by atoms with Crippen molar-refractivity contribution in [2.24, 2.45) is 0 Å². The maximum atomic E-state index is 11.9. The van der Waals surface area contributed by atoms with Crippen LogP contribution in [0.2, 0.25) is 0 Å². The predicted molar refractivity (Wildman–Crippen MR) is 103 cm³/mol. The van der Waals surface area contributed by atoms with E-state index in [0.717, 1.165) is 26.6 Å². The second kappa shape index (κ2) is 7.62. The van der Waals surface area contributed by atoms with Gasteiger partial charge in [0.1, 0.15) is 5.01 Å². The van der Waals surface area contributed by atoms with E-state index in [4.69, 9.17) is 0 Å². The number of carboxylic acids is 1. The number of aryl methyl sites for hydroxylation is 1. The van der Waals surface area contributed by atoms with Gasteiger partial charge in [0.05, 0.1) is 6.42 Å². The molecule has 1 atom stereocenters. The molecule has 0 bridgehead atoms. The molecule has 0 aliphatic carbocycles. The van der Waals surface area contributed by atoms with Crippen LogP contribution in [0.15, 0.2) is 54.7 Å². The van der Waals surface area contributed by atoms with Gasteiger partial charge in [0.2, 0.25) is 0 Å². The third kappa shape index (κ3) is 3.89. The van der Waals surface area contributed by atoms with E-state index in [-0.39, 0.29) is 18.1 Å². The van der Waals surface area contributed by atoms with Gasteiger partial charge in [0, 0.05) is 22.6 Å². The third-order valence-electron chi connectivity index (χ3n) is 4.22. The molecule has 1 aromatic heterocycles. The molecule has 132 valence electrons. The molecule has 1 heterocycles. The van der Waals surface area contributed by atoms with E-state index in [0.29, 0.717) is 5.56 Å². The van der Waals surface area contributed by atoms with Gasteiger partial charge in [-0.2, -0.15) is 0 Å². The van der Waals surface area contributed by atoms with Crippen molar-refractivity contribution in [2.45, 2.75) is 26.2 Å². The summed E-state index contributed by atoms with van der Waals surface area (Å²) in [5.41, 5.74) is 3.30. The summed E-state index contributed by atoms with van der Waals surface area (Å²) >= 11 is 1.51. The molecule has 0 saturated carbocycles. The fraction of sp³-hybridized carbons (Fsp3) is 0.190. The zero-order valence-corrected chi connectivity index (χ0v) is 15.4. The van der Waals surface area contributed by atoms with Crippen LogP contribution < -0.4 is 0 Å². The van der Waals surface area contributed by atoms with Crippen LogP contribution in [0.25, 0.3) is 11.1 Å². The van der Waals surface area contributed by atoms with Crippen molar-refractivity contribution in [1.29, 1.82) is 0 Å². The molecule has 0 fully saturated rings. The molecule has 0 spiro atoms. The van der Waals surface area contributed by atoms with Gasteiger partial charge in [0.25, 0.3) is 0 Å². The highest BCUT2D eigenvalue weighted by molar-refractivity contribution is 7.11. The van der Waals surface area contributed by atoms with Crippen molar-refractivity contribution in [3.8, 4) is 11.1 Å². The number of benzene rings is 2. The van der Waals surface area contributed by atoms with E-state index >= 15 is 0 Å². The van der Waals surface area contributed by atoms with Gasteiger partial charge < -0.3 is 5.11 Å². The molecular formula is C21H19NO3S. The molecular weight excluding hydrogens is 346 g/mol. The number of rotatable bonds is 6. The number of nitrogens with zero attached hydrogens (tertiary/aromatic N) is 1. The molecule has 1 N–H and O–H groups in total. The summed E-state index contributed by atoms with van der Waals surface area (Å²) in [7, 11) is 0. The first-order valence-corrected chi connectivity index (χ1v) is 9.11. The number of aromatic nitrogens is 1. The summed E-state index contributed by atoms with van der Waals surface area (Å²) in [5.74, 6) is -1.17. The number of hydrogen-bond donors (Lipinski definition) is 1. The van der Waals surface area contributed by atoms with Crippen LogP contribution in [0.1, 0.15) is 45.1 Å². The molecule has 0 saturated heterocycles. The van der Waals surface area contributed by atoms with Crippen LogP contribution in [0, 0.1) is 6.92 Å². The summed E-state index contributed by atoms with van der Waals surface area (Å²) in [5, 5.41) is 10.1. The molecule has 1 unspecified atom stereocenters. The molecule has 3 aromatic rings. The average Bonchev–Trinajstić information content (AvgIpc) is 3.05. The van der Waals surface area contributed by atoms with Crippen LogP contribution in [0.5, 0.6) is 0 Å². The first kappa shape index (κ1) is 18.0. The minimum atomic E-state index is -0.864. The highest BCUT2D eigenvalue weighted by atomic mass is 32.1. The topological polar surface area (TPSA) is 67.3 Å². The molecule has 0 aliphatic heterocycles. The number of ketones is 1. The number of Topliss-reactive ketones (excluding diaryl/α,β-unsaturated/α-hetero) is 1. The Kier molecular flexibility index (Phi) is 5.28. The predicted octanol–water partition coefficient (Wildman–Crippen LogP) is 4.93. The monoisotopic (exact) mass is 365 g/mol. The number of hydrogen-bond acceptors (Lipinski definition) is 4. The number of thiazole rings is 1. The summed E-state index contributed by atoms with van der Waals surface area (Å²) in [6, 6.07) is 15.2. The number of aliphatic carboxylic acids is 1. The number of carbonyl (C=O) groups is 2. The molecule has 26 heavy (non-hydrogen) atoms. The molecule has 0 amide bonds. The largest absolute Gasteiger partial charge is 0.481 e. The normalized spacial score (nSPS) is 11.9. The lowest BCUT2D eigenvalue weighted by atomic mass is 9.91. The molecule has 5 heteroatoms. The smallest absolute Gasteiger partial charge is 0.304 e. The van der Waals surface area contributed by atoms with Crippen molar-refractivity contribution >= 4 is 23.1 Å². The first-order chi connectivity index (χ1) is 12.5. The van der Waals surface area contributed by atoms with Crippen molar-refractivity contribution in [2.75, 3.05) is 0 Å². The standard InChI is InChI=1S/C21H19NO3S/c1-13-12-22-21(26-13)19(11-20(24)25)16-7-5-6-15(10-16)18-9-4-3-8-17(18)14(2)23/h3-10,12,19H,11H2,1-2H3,(H,24,25). The second-order valence-corrected chi connectivity index (χ2v) is 7.45. The van der Waals surface area contributed by atoms with E-state index < -0.39 is 5.97 Å². The Morgan fingerprint density at radius 3 is 2.58 bits per heavy atom. The molecule has 2 aromatic carbocycles. The van der Waals surface area contributed by atoms with E-state index in [1.807, 2.05) is 55.5 Å². The van der Waals surface area contributed by atoms with Crippen LogP contribution in [-0.4, -0.2) is 21.8 Å².